The molecular formula is C12H11BrN2O5S. The van der Waals surface area contributed by atoms with E-state index in [1.807, 2.05) is 0 Å². The van der Waals surface area contributed by atoms with E-state index in [2.05, 4.69) is 21.2 Å². The lowest BCUT2D eigenvalue weighted by Crippen LogP contribution is -2.12. The largest absolute Gasteiger partial charge is 0.475 e. The Hall–Kier alpha value is -1.84. The molecule has 0 radical (unpaired) electrons. The Labute approximate surface area is 128 Å². The summed E-state index contributed by atoms with van der Waals surface area (Å²) in [6, 6.07) is 7.20. The maximum Gasteiger partial charge on any atom is 0.371 e. The van der Waals surface area contributed by atoms with Gasteiger partial charge in [0.1, 0.15) is 5.76 Å². The number of primary sulfonamides is 1. The van der Waals surface area contributed by atoms with Crippen LogP contribution in [0.15, 0.2) is 44.1 Å². The summed E-state index contributed by atoms with van der Waals surface area (Å²) in [6.45, 7) is 0.251. The van der Waals surface area contributed by atoms with Gasteiger partial charge < -0.3 is 14.8 Å². The third kappa shape index (κ3) is 3.84. The number of carboxylic acids is 1. The normalized spacial score (nSPS) is 11.3. The van der Waals surface area contributed by atoms with Crippen molar-refractivity contribution in [1.82, 2.24) is 0 Å². The van der Waals surface area contributed by atoms with Crippen molar-refractivity contribution in [3.05, 3.63) is 46.3 Å². The van der Waals surface area contributed by atoms with Gasteiger partial charge in [-0.25, -0.2) is 18.4 Å². The van der Waals surface area contributed by atoms with Crippen molar-refractivity contribution in [1.29, 1.82) is 0 Å². The van der Waals surface area contributed by atoms with E-state index in [-0.39, 0.29) is 17.2 Å². The Bertz CT molecular complexity index is 785. The minimum atomic E-state index is -3.76. The molecule has 0 unspecified atom stereocenters. The molecule has 0 saturated carbocycles. The van der Waals surface area contributed by atoms with Crippen LogP contribution >= 0.6 is 15.9 Å². The van der Waals surface area contributed by atoms with Gasteiger partial charge in [-0.15, -0.1) is 0 Å². The number of anilines is 1. The van der Waals surface area contributed by atoms with Crippen LogP contribution in [0.5, 0.6) is 0 Å². The summed E-state index contributed by atoms with van der Waals surface area (Å²) in [5.41, 5.74) is 0.621. The zero-order valence-corrected chi connectivity index (χ0v) is 12.9. The predicted molar refractivity (Wildman–Crippen MR) is 78.5 cm³/mol. The number of nitrogens with two attached hydrogens (primary N) is 1. The highest BCUT2D eigenvalue weighted by atomic mass is 79.9. The van der Waals surface area contributed by atoms with E-state index in [9.17, 15) is 13.2 Å². The Morgan fingerprint density at radius 3 is 2.57 bits per heavy atom. The number of halogens is 1. The topological polar surface area (TPSA) is 123 Å². The van der Waals surface area contributed by atoms with E-state index in [1.54, 1.807) is 12.1 Å². The van der Waals surface area contributed by atoms with Gasteiger partial charge in [-0.2, -0.15) is 0 Å². The van der Waals surface area contributed by atoms with Crippen LogP contribution in [0.25, 0.3) is 0 Å². The second-order valence-corrected chi connectivity index (χ2v) is 6.53. The molecule has 0 bridgehead atoms. The highest BCUT2D eigenvalue weighted by Crippen LogP contribution is 2.26. The second-order valence-electron chi connectivity index (χ2n) is 4.11. The summed E-state index contributed by atoms with van der Waals surface area (Å²) in [5.74, 6) is -0.842. The molecular weight excluding hydrogens is 364 g/mol. The van der Waals surface area contributed by atoms with E-state index >= 15 is 0 Å². The van der Waals surface area contributed by atoms with E-state index in [0.717, 1.165) is 0 Å². The molecule has 4 N–H and O–H groups in total. The Morgan fingerprint density at radius 2 is 2.05 bits per heavy atom. The van der Waals surface area contributed by atoms with Crippen molar-refractivity contribution in [2.45, 2.75) is 11.4 Å². The number of carbonyl (C=O) groups is 1. The number of sulfonamides is 1. The quantitative estimate of drug-likeness (QED) is 0.735. The number of rotatable bonds is 5. The number of furan rings is 1. The van der Waals surface area contributed by atoms with Crippen LogP contribution in [-0.2, 0) is 16.6 Å². The fourth-order valence-electron chi connectivity index (χ4n) is 1.59. The molecule has 112 valence electrons. The first-order valence-electron chi connectivity index (χ1n) is 5.65. The Kier molecular flexibility index (Phi) is 4.35. The van der Waals surface area contributed by atoms with Crippen molar-refractivity contribution in [3.8, 4) is 0 Å². The van der Waals surface area contributed by atoms with Crippen molar-refractivity contribution >= 4 is 37.6 Å². The summed E-state index contributed by atoms with van der Waals surface area (Å²) >= 11 is 3.23. The third-order valence-corrected chi connectivity index (χ3v) is 4.16. The summed E-state index contributed by atoms with van der Waals surface area (Å²) < 4.78 is 28.0. The highest BCUT2D eigenvalue weighted by molar-refractivity contribution is 9.10. The molecule has 1 aromatic heterocycles. The van der Waals surface area contributed by atoms with E-state index in [0.29, 0.717) is 15.9 Å². The molecule has 1 heterocycles. The zero-order valence-electron chi connectivity index (χ0n) is 10.5. The Balaban J connectivity index is 2.11. The molecule has 2 rings (SSSR count). The molecule has 7 nitrogen and oxygen atoms in total. The van der Waals surface area contributed by atoms with Crippen molar-refractivity contribution in [3.63, 3.8) is 0 Å². The molecule has 0 aliphatic rings. The second kappa shape index (κ2) is 5.88. The first-order valence-corrected chi connectivity index (χ1v) is 7.99. The van der Waals surface area contributed by atoms with E-state index < -0.39 is 16.0 Å². The van der Waals surface area contributed by atoms with Gasteiger partial charge in [0.05, 0.1) is 11.4 Å². The monoisotopic (exact) mass is 374 g/mol. The van der Waals surface area contributed by atoms with Gasteiger partial charge in [0.2, 0.25) is 15.8 Å². The molecule has 0 saturated heterocycles. The van der Waals surface area contributed by atoms with Crippen LogP contribution in [0.2, 0.25) is 0 Å². The number of aromatic carboxylic acids is 1. The molecule has 2 aromatic rings. The molecule has 0 spiro atoms. The minimum absolute atomic E-state index is 0.00825. The summed E-state index contributed by atoms with van der Waals surface area (Å²) in [4.78, 5) is 10.7. The van der Waals surface area contributed by atoms with Crippen molar-refractivity contribution < 1.29 is 22.7 Å². The lowest BCUT2D eigenvalue weighted by molar-refractivity contribution is 0.0660. The number of benzene rings is 1. The molecule has 0 aliphatic carbocycles. The first-order chi connectivity index (χ1) is 9.77. The number of nitrogens with one attached hydrogen (secondary N) is 1. The van der Waals surface area contributed by atoms with Gasteiger partial charge in [0.25, 0.3) is 0 Å². The fourth-order valence-corrected chi connectivity index (χ4v) is 2.80. The number of hydrogen-bond acceptors (Lipinski definition) is 5. The fraction of sp³-hybridized carbons (Fsp3) is 0.0833. The van der Waals surface area contributed by atoms with E-state index in [1.165, 1.54) is 18.2 Å². The molecule has 9 heteroatoms. The molecule has 0 aliphatic heterocycles. The maximum absolute atomic E-state index is 11.2. The van der Waals surface area contributed by atoms with Crippen molar-refractivity contribution in [2.24, 2.45) is 5.14 Å². The predicted octanol–water partition coefficient (Wildman–Crippen LogP) is 2.00. The van der Waals surface area contributed by atoms with Gasteiger partial charge in [0, 0.05) is 10.2 Å². The van der Waals surface area contributed by atoms with Crippen LogP contribution in [0.1, 0.15) is 16.3 Å². The third-order valence-electron chi connectivity index (χ3n) is 2.59. The average Bonchev–Trinajstić information content (AvgIpc) is 2.85. The maximum atomic E-state index is 11.2. The van der Waals surface area contributed by atoms with Gasteiger partial charge in [0.15, 0.2) is 0 Å². The number of hydrogen-bond donors (Lipinski definition) is 3. The van der Waals surface area contributed by atoms with Crippen LogP contribution in [0, 0.1) is 0 Å². The molecule has 0 atom stereocenters. The molecule has 1 aromatic carbocycles. The van der Waals surface area contributed by atoms with Gasteiger partial charge in [-0.05, 0) is 46.3 Å². The van der Waals surface area contributed by atoms with Gasteiger partial charge in [-0.1, -0.05) is 0 Å². The smallest absolute Gasteiger partial charge is 0.371 e. The van der Waals surface area contributed by atoms with Gasteiger partial charge in [-0.3, -0.25) is 0 Å². The first kappa shape index (κ1) is 15.5. The summed E-state index contributed by atoms with van der Waals surface area (Å²) in [6.07, 6.45) is 0. The van der Waals surface area contributed by atoms with Crippen LogP contribution in [0.4, 0.5) is 5.69 Å². The average molecular weight is 375 g/mol. The molecule has 0 fully saturated rings. The SMILES string of the molecule is NS(=O)(=O)c1ccc(NCc2ccc(C(=O)O)o2)c(Br)c1. The lowest BCUT2D eigenvalue weighted by atomic mass is 10.3. The summed E-state index contributed by atoms with van der Waals surface area (Å²) in [7, 11) is -3.76. The van der Waals surface area contributed by atoms with Crippen molar-refractivity contribution in [2.75, 3.05) is 5.32 Å². The minimum Gasteiger partial charge on any atom is -0.475 e. The van der Waals surface area contributed by atoms with Crippen LogP contribution < -0.4 is 10.5 Å². The highest BCUT2D eigenvalue weighted by Gasteiger charge is 2.11. The van der Waals surface area contributed by atoms with Crippen LogP contribution in [0.3, 0.4) is 0 Å². The molecule has 0 amide bonds. The summed E-state index contributed by atoms with van der Waals surface area (Å²) in [5, 5.41) is 16.8. The zero-order chi connectivity index (χ0) is 15.6. The molecule has 21 heavy (non-hydrogen) atoms. The van der Waals surface area contributed by atoms with Crippen LogP contribution in [-0.4, -0.2) is 19.5 Å². The lowest BCUT2D eigenvalue weighted by Gasteiger charge is -2.08. The number of carboxylic acid groups (broad SMARTS) is 1. The van der Waals surface area contributed by atoms with E-state index in [4.69, 9.17) is 14.7 Å². The van der Waals surface area contributed by atoms with Gasteiger partial charge >= 0.3 is 5.97 Å². The standard InChI is InChI=1S/C12H11BrN2O5S/c13-9-5-8(21(14,18)19)2-3-10(9)15-6-7-1-4-11(20-7)12(16)17/h1-5,15H,6H2,(H,16,17)(H2,14,18,19). The Morgan fingerprint density at radius 1 is 1.33 bits per heavy atom.